The van der Waals surface area contributed by atoms with Crippen molar-refractivity contribution in [3.8, 4) is 11.3 Å². The van der Waals surface area contributed by atoms with E-state index in [0.717, 1.165) is 16.3 Å². The second-order valence-electron chi connectivity index (χ2n) is 4.39. The van der Waals surface area contributed by atoms with Gasteiger partial charge in [0.1, 0.15) is 10.8 Å². The molecule has 0 amide bonds. The molecule has 5 heteroatoms. The average Bonchev–Trinajstić information content (AvgIpc) is 2.70. The van der Waals surface area contributed by atoms with Crippen molar-refractivity contribution in [2.45, 2.75) is 19.4 Å². The third-order valence-corrected chi connectivity index (χ3v) is 3.74. The van der Waals surface area contributed by atoms with Gasteiger partial charge < -0.3 is 5.73 Å². The quantitative estimate of drug-likeness (QED) is 0.902. The molecule has 0 radical (unpaired) electrons. The van der Waals surface area contributed by atoms with Crippen molar-refractivity contribution in [3.05, 3.63) is 39.4 Å². The van der Waals surface area contributed by atoms with Crippen LogP contribution < -0.4 is 5.73 Å². The fraction of sp³-hybridized carbons (Fsp3) is 0.250. The fourth-order valence-corrected chi connectivity index (χ4v) is 2.41. The van der Waals surface area contributed by atoms with Crippen LogP contribution in [0.15, 0.2) is 23.6 Å². The van der Waals surface area contributed by atoms with Gasteiger partial charge in [-0.25, -0.2) is 9.37 Å². The second-order valence-corrected chi connectivity index (χ2v) is 5.65. The molecule has 2 aromatic rings. The highest BCUT2D eigenvalue weighted by atomic mass is 35.5. The highest BCUT2D eigenvalue weighted by Crippen LogP contribution is 2.29. The van der Waals surface area contributed by atoms with Crippen LogP contribution in [0, 0.1) is 5.82 Å². The van der Waals surface area contributed by atoms with E-state index < -0.39 is 11.4 Å². The molecule has 1 aromatic heterocycles. The van der Waals surface area contributed by atoms with Gasteiger partial charge in [-0.3, -0.25) is 0 Å². The summed E-state index contributed by atoms with van der Waals surface area (Å²) in [5, 5.41) is 2.84. The van der Waals surface area contributed by atoms with E-state index in [9.17, 15) is 4.39 Å². The number of benzene rings is 1. The predicted octanol–water partition coefficient (Wildman–Crippen LogP) is 3.80. The first-order chi connectivity index (χ1) is 7.88. The summed E-state index contributed by atoms with van der Waals surface area (Å²) in [4.78, 5) is 4.43. The Bertz CT molecular complexity index is 546. The third kappa shape index (κ3) is 2.65. The Morgan fingerprint density at radius 1 is 1.41 bits per heavy atom. The molecule has 1 aromatic carbocycles. The Morgan fingerprint density at radius 2 is 2.12 bits per heavy atom. The number of hydrogen-bond donors (Lipinski definition) is 1. The highest BCUT2D eigenvalue weighted by molar-refractivity contribution is 7.10. The molecule has 0 bridgehead atoms. The molecule has 0 aliphatic heterocycles. The van der Waals surface area contributed by atoms with Gasteiger partial charge in [-0.15, -0.1) is 11.3 Å². The molecule has 0 aliphatic rings. The largest absolute Gasteiger partial charge is 0.320 e. The van der Waals surface area contributed by atoms with E-state index in [1.54, 1.807) is 12.1 Å². The molecule has 0 fully saturated rings. The van der Waals surface area contributed by atoms with Crippen molar-refractivity contribution in [3.63, 3.8) is 0 Å². The van der Waals surface area contributed by atoms with Crippen molar-refractivity contribution >= 4 is 22.9 Å². The van der Waals surface area contributed by atoms with Crippen LogP contribution in [0.1, 0.15) is 18.9 Å². The van der Waals surface area contributed by atoms with Crippen LogP contribution in [0.25, 0.3) is 11.3 Å². The summed E-state index contributed by atoms with van der Waals surface area (Å²) in [6.45, 7) is 3.79. The minimum Gasteiger partial charge on any atom is -0.320 e. The monoisotopic (exact) mass is 270 g/mol. The van der Waals surface area contributed by atoms with E-state index in [4.69, 9.17) is 17.3 Å². The first kappa shape index (κ1) is 12.5. The van der Waals surface area contributed by atoms with Crippen LogP contribution in [0.5, 0.6) is 0 Å². The van der Waals surface area contributed by atoms with Crippen LogP contribution in [-0.4, -0.2) is 4.98 Å². The lowest BCUT2D eigenvalue weighted by Gasteiger charge is -2.13. The molecule has 2 rings (SSSR count). The van der Waals surface area contributed by atoms with E-state index in [1.807, 2.05) is 19.2 Å². The fourth-order valence-electron chi connectivity index (χ4n) is 1.36. The molecule has 2 N–H and O–H groups in total. The maximum atomic E-state index is 13.0. The zero-order valence-electron chi connectivity index (χ0n) is 9.50. The van der Waals surface area contributed by atoms with Crippen molar-refractivity contribution in [1.82, 2.24) is 4.98 Å². The third-order valence-electron chi connectivity index (χ3n) is 2.27. The van der Waals surface area contributed by atoms with E-state index >= 15 is 0 Å². The normalized spacial score (nSPS) is 11.8. The van der Waals surface area contributed by atoms with E-state index in [1.165, 1.54) is 17.4 Å². The number of thiazole rings is 1. The molecule has 0 atom stereocenters. The summed E-state index contributed by atoms with van der Waals surface area (Å²) in [7, 11) is 0. The predicted molar refractivity (Wildman–Crippen MR) is 69.7 cm³/mol. The molecule has 0 spiro atoms. The second kappa shape index (κ2) is 4.37. The lowest BCUT2D eigenvalue weighted by molar-refractivity contribution is 0.551. The summed E-state index contributed by atoms with van der Waals surface area (Å²) in [6.07, 6.45) is 0. The van der Waals surface area contributed by atoms with Gasteiger partial charge in [-0.1, -0.05) is 11.6 Å². The molecule has 0 aliphatic carbocycles. The lowest BCUT2D eigenvalue weighted by Crippen LogP contribution is -2.28. The van der Waals surface area contributed by atoms with Crippen molar-refractivity contribution in [2.24, 2.45) is 5.73 Å². The molecule has 0 saturated heterocycles. The molecule has 0 unspecified atom stereocenters. The van der Waals surface area contributed by atoms with Gasteiger partial charge in [0.15, 0.2) is 0 Å². The van der Waals surface area contributed by atoms with Crippen LogP contribution in [0.2, 0.25) is 5.02 Å². The summed E-state index contributed by atoms with van der Waals surface area (Å²) >= 11 is 7.22. The van der Waals surface area contributed by atoms with Gasteiger partial charge in [-0.05, 0) is 32.0 Å². The van der Waals surface area contributed by atoms with Crippen LogP contribution in [0.3, 0.4) is 0 Å². The van der Waals surface area contributed by atoms with Gasteiger partial charge in [0.2, 0.25) is 0 Å². The molecule has 2 nitrogen and oxygen atoms in total. The maximum absolute atomic E-state index is 13.0. The molecule has 17 heavy (non-hydrogen) atoms. The van der Waals surface area contributed by atoms with Crippen molar-refractivity contribution in [2.75, 3.05) is 0 Å². The number of nitrogens with two attached hydrogens (primary N) is 1. The Labute approximate surface area is 108 Å². The van der Waals surface area contributed by atoms with Crippen LogP contribution in [0.4, 0.5) is 4.39 Å². The summed E-state index contributed by atoms with van der Waals surface area (Å²) < 4.78 is 13.0. The number of halogens is 2. The summed E-state index contributed by atoms with van der Waals surface area (Å²) in [6, 6.07) is 4.56. The van der Waals surface area contributed by atoms with Gasteiger partial charge in [0.05, 0.1) is 16.3 Å². The van der Waals surface area contributed by atoms with E-state index in [2.05, 4.69) is 4.98 Å². The Balaban J connectivity index is 2.40. The first-order valence-electron chi connectivity index (χ1n) is 5.08. The number of rotatable bonds is 2. The number of nitrogens with zero attached hydrogens (tertiary/aromatic N) is 1. The Hall–Kier alpha value is -0.970. The maximum Gasteiger partial charge on any atom is 0.141 e. The SMILES string of the molecule is CC(C)(N)c1nc(-c2ccc(F)c(Cl)c2)cs1. The zero-order chi connectivity index (χ0) is 12.6. The Kier molecular flexibility index (Phi) is 3.21. The molecule has 90 valence electrons. The van der Waals surface area contributed by atoms with Gasteiger partial charge >= 0.3 is 0 Å². The first-order valence-corrected chi connectivity index (χ1v) is 6.34. The van der Waals surface area contributed by atoms with Gasteiger partial charge in [-0.2, -0.15) is 0 Å². The van der Waals surface area contributed by atoms with E-state index in [-0.39, 0.29) is 5.02 Å². The summed E-state index contributed by atoms with van der Waals surface area (Å²) in [5.74, 6) is -0.426. The smallest absolute Gasteiger partial charge is 0.141 e. The summed E-state index contributed by atoms with van der Waals surface area (Å²) in [5.41, 5.74) is 7.06. The van der Waals surface area contributed by atoms with Crippen LogP contribution >= 0.6 is 22.9 Å². The van der Waals surface area contributed by atoms with Gasteiger partial charge in [0, 0.05) is 10.9 Å². The molecule has 0 saturated carbocycles. The van der Waals surface area contributed by atoms with Crippen molar-refractivity contribution in [1.29, 1.82) is 0 Å². The van der Waals surface area contributed by atoms with Gasteiger partial charge in [0.25, 0.3) is 0 Å². The minimum atomic E-state index is -0.466. The van der Waals surface area contributed by atoms with Crippen LogP contribution in [-0.2, 0) is 5.54 Å². The van der Waals surface area contributed by atoms with E-state index in [0.29, 0.717) is 0 Å². The molecular weight excluding hydrogens is 259 g/mol. The van der Waals surface area contributed by atoms with Crippen molar-refractivity contribution < 1.29 is 4.39 Å². The standard InChI is InChI=1S/C12H12ClFN2S/c1-12(2,15)11-16-10(6-17-11)7-3-4-9(14)8(13)5-7/h3-6H,15H2,1-2H3. The lowest BCUT2D eigenvalue weighted by atomic mass is 10.1. The minimum absolute atomic E-state index is 0.101. The number of aromatic nitrogens is 1. The average molecular weight is 271 g/mol. The highest BCUT2D eigenvalue weighted by Gasteiger charge is 2.19. The Morgan fingerprint density at radius 3 is 2.65 bits per heavy atom. The molecule has 1 heterocycles. The number of hydrogen-bond acceptors (Lipinski definition) is 3. The zero-order valence-corrected chi connectivity index (χ0v) is 11.1. The molecular formula is C12H12ClFN2S. The topological polar surface area (TPSA) is 38.9 Å².